The fourth-order valence-electron chi connectivity index (χ4n) is 1.48. The second-order valence-electron chi connectivity index (χ2n) is 3.66. The number of nitrogens with zero attached hydrogens (tertiary/aromatic N) is 2. The first-order valence-electron chi connectivity index (χ1n) is 5.09. The fraction of sp³-hybridized carbons (Fsp3) is 0.167. The molecule has 1 heterocycles. The molecule has 1 aromatic carbocycles. The van der Waals surface area contributed by atoms with Crippen LogP contribution in [0.25, 0.3) is 0 Å². The van der Waals surface area contributed by atoms with E-state index in [9.17, 15) is 0 Å². The third-order valence-electron chi connectivity index (χ3n) is 2.34. The van der Waals surface area contributed by atoms with Crippen molar-refractivity contribution in [3.63, 3.8) is 0 Å². The van der Waals surface area contributed by atoms with Crippen LogP contribution in [0, 0.1) is 13.8 Å². The van der Waals surface area contributed by atoms with Crippen LogP contribution in [0.3, 0.4) is 0 Å². The summed E-state index contributed by atoms with van der Waals surface area (Å²) in [6, 6.07) is 7.66. The van der Waals surface area contributed by atoms with Gasteiger partial charge in [-0.2, -0.15) is 0 Å². The van der Waals surface area contributed by atoms with Gasteiger partial charge in [-0.3, -0.25) is 0 Å². The highest BCUT2D eigenvalue weighted by molar-refractivity contribution is 9.10. The molecule has 0 spiro atoms. The van der Waals surface area contributed by atoms with Crippen LogP contribution in [0.15, 0.2) is 28.7 Å². The van der Waals surface area contributed by atoms with E-state index in [2.05, 4.69) is 31.2 Å². The maximum Gasteiger partial charge on any atom is 0.135 e. The van der Waals surface area contributed by atoms with Crippen LogP contribution >= 0.6 is 27.5 Å². The lowest BCUT2D eigenvalue weighted by molar-refractivity contribution is 1.06. The Labute approximate surface area is 113 Å². The van der Waals surface area contributed by atoms with E-state index in [1.807, 2.05) is 32.0 Å². The maximum absolute atomic E-state index is 5.89. The molecule has 3 nitrogen and oxygen atoms in total. The molecule has 5 heteroatoms. The van der Waals surface area contributed by atoms with Crippen LogP contribution in [0.5, 0.6) is 0 Å². The second kappa shape index (κ2) is 5.02. The molecule has 0 aliphatic rings. The van der Waals surface area contributed by atoms with Gasteiger partial charge in [0.05, 0.1) is 0 Å². The lowest BCUT2D eigenvalue weighted by Crippen LogP contribution is -1.99. The van der Waals surface area contributed by atoms with Gasteiger partial charge < -0.3 is 5.32 Å². The third-order valence-corrected chi connectivity index (χ3v) is 3.39. The average Bonchev–Trinajstić information content (AvgIpc) is 2.23. The van der Waals surface area contributed by atoms with E-state index >= 15 is 0 Å². The zero-order valence-corrected chi connectivity index (χ0v) is 11.8. The van der Waals surface area contributed by atoms with Crippen LogP contribution in [-0.4, -0.2) is 9.97 Å². The summed E-state index contributed by atoms with van der Waals surface area (Å²) < 4.78 is 1.05. The normalized spacial score (nSPS) is 10.4. The molecule has 0 aliphatic heterocycles. The van der Waals surface area contributed by atoms with E-state index in [4.69, 9.17) is 11.6 Å². The molecular formula is C12H11BrClN3. The van der Waals surface area contributed by atoms with Crippen molar-refractivity contribution in [2.24, 2.45) is 0 Å². The fourth-order valence-corrected chi connectivity index (χ4v) is 2.07. The summed E-state index contributed by atoms with van der Waals surface area (Å²) in [5, 5.41) is 3.67. The van der Waals surface area contributed by atoms with E-state index in [1.165, 1.54) is 0 Å². The Hall–Kier alpha value is -1.13. The molecule has 0 unspecified atom stereocenters. The molecule has 0 saturated carbocycles. The summed E-state index contributed by atoms with van der Waals surface area (Å²) in [5.74, 6) is 1.34. The van der Waals surface area contributed by atoms with E-state index in [0.717, 1.165) is 15.7 Å². The molecule has 2 aromatic rings. The van der Waals surface area contributed by atoms with Crippen LogP contribution in [0.4, 0.5) is 11.5 Å². The Morgan fingerprint density at radius 3 is 2.71 bits per heavy atom. The van der Waals surface area contributed by atoms with E-state index in [-0.39, 0.29) is 0 Å². The van der Waals surface area contributed by atoms with Gasteiger partial charge in [-0.15, -0.1) is 0 Å². The van der Waals surface area contributed by atoms with Gasteiger partial charge in [0.25, 0.3) is 0 Å². The summed E-state index contributed by atoms with van der Waals surface area (Å²) in [6.07, 6.45) is 0. The summed E-state index contributed by atoms with van der Waals surface area (Å²) in [6.45, 7) is 3.84. The molecule has 0 atom stereocenters. The quantitative estimate of drug-likeness (QED) is 0.842. The highest BCUT2D eigenvalue weighted by Crippen LogP contribution is 2.26. The molecule has 0 bridgehead atoms. The Bertz CT molecular complexity index is 537. The first-order chi connectivity index (χ1) is 8.06. The standard InChI is InChI=1S/C12H11BrClN3/c1-7-9(13)4-3-5-10(7)17-12-6-11(14)15-8(2)16-12/h3-6H,1-2H3,(H,15,16,17). The number of benzene rings is 1. The Morgan fingerprint density at radius 1 is 1.24 bits per heavy atom. The minimum absolute atomic E-state index is 0.438. The molecule has 17 heavy (non-hydrogen) atoms. The molecule has 0 amide bonds. The molecule has 0 saturated heterocycles. The predicted molar refractivity (Wildman–Crippen MR) is 73.9 cm³/mol. The van der Waals surface area contributed by atoms with Crippen molar-refractivity contribution in [1.82, 2.24) is 9.97 Å². The molecule has 1 N–H and O–H groups in total. The molecule has 0 radical (unpaired) electrons. The SMILES string of the molecule is Cc1nc(Cl)cc(Nc2cccc(Br)c2C)n1. The van der Waals surface area contributed by atoms with Crippen LogP contribution in [-0.2, 0) is 0 Å². The van der Waals surface area contributed by atoms with Crippen molar-refractivity contribution >= 4 is 39.0 Å². The number of halogens is 2. The second-order valence-corrected chi connectivity index (χ2v) is 4.90. The average molecular weight is 313 g/mol. The Morgan fingerprint density at radius 2 is 2.00 bits per heavy atom. The van der Waals surface area contributed by atoms with Crippen molar-refractivity contribution in [2.45, 2.75) is 13.8 Å². The molecule has 0 aliphatic carbocycles. The molecule has 2 rings (SSSR count). The summed E-state index contributed by atoms with van der Waals surface area (Å²) in [5.41, 5.74) is 2.12. The maximum atomic E-state index is 5.89. The van der Waals surface area contributed by atoms with Gasteiger partial charge in [0, 0.05) is 16.2 Å². The molecule has 88 valence electrons. The number of rotatable bonds is 2. The van der Waals surface area contributed by atoms with Crippen molar-refractivity contribution in [1.29, 1.82) is 0 Å². The topological polar surface area (TPSA) is 37.8 Å². The minimum atomic E-state index is 0.438. The number of hydrogen-bond donors (Lipinski definition) is 1. The van der Waals surface area contributed by atoms with Crippen molar-refractivity contribution < 1.29 is 0 Å². The van der Waals surface area contributed by atoms with Crippen LogP contribution in [0.1, 0.15) is 11.4 Å². The van der Waals surface area contributed by atoms with Gasteiger partial charge in [-0.25, -0.2) is 9.97 Å². The third kappa shape index (κ3) is 2.96. The number of hydrogen-bond acceptors (Lipinski definition) is 3. The summed E-state index contributed by atoms with van der Waals surface area (Å²) in [7, 11) is 0. The predicted octanol–water partition coefficient (Wildman–Crippen LogP) is 4.25. The molecule has 1 aromatic heterocycles. The van der Waals surface area contributed by atoms with Crippen molar-refractivity contribution in [3.8, 4) is 0 Å². The highest BCUT2D eigenvalue weighted by Gasteiger charge is 2.04. The number of anilines is 2. The van der Waals surface area contributed by atoms with E-state index in [0.29, 0.717) is 16.8 Å². The van der Waals surface area contributed by atoms with Gasteiger partial charge >= 0.3 is 0 Å². The van der Waals surface area contributed by atoms with Crippen molar-refractivity contribution in [2.75, 3.05) is 5.32 Å². The molecule has 0 fully saturated rings. The van der Waals surface area contributed by atoms with Gasteiger partial charge in [-0.05, 0) is 31.5 Å². The molecular weight excluding hydrogens is 302 g/mol. The summed E-state index contributed by atoms with van der Waals surface area (Å²) >= 11 is 9.38. The monoisotopic (exact) mass is 311 g/mol. The first kappa shape index (κ1) is 12.3. The van der Waals surface area contributed by atoms with E-state index in [1.54, 1.807) is 6.07 Å². The lowest BCUT2D eigenvalue weighted by atomic mass is 10.2. The smallest absolute Gasteiger partial charge is 0.135 e. The zero-order chi connectivity index (χ0) is 12.4. The van der Waals surface area contributed by atoms with Crippen molar-refractivity contribution in [3.05, 3.63) is 45.3 Å². The lowest BCUT2D eigenvalue weighted by Gasteiger charge is -2.10. The van der Waals surface area contributed by atoms with Gasteiger partial charge in [0.2, 0.25) is 0 Å². The van der Waals surface area contributed by atoms with Gasteiger partial charge in [0.15, 0.2) is 0 Å². The highest BCUT2D eigenvalue weighted by atomic mass is 79.9. The van der Waals surface area contributed by atoms with Gasteiger partial charge in [0.1, 0.15) is 16.8 Å². The Balaban J connectivity index is 2.34. The van der Waals surface area contributed by atoms with Gasteiger partial charge in [-0.1, -0.05) is 33.6 Å². The summed E-state index contributed by atoms with van der Waals surface area (Å²) in [4.78, 5) is 8.30. The minimum Gasteiger partial charge on any atom is -0.340 e. The zero-order valence-electron chi connectivity index (χ0n) is 9.46. The van der Waals surface area contributed by atoms with E-state index < -0.39 is 0 Å². The van der Waals surface area contributed by atoms with Crippen LogP contribution in [0.2, 0.25) is 5.15 Å². The largest absolute Gasteiger partial charge is 0.340 e. The first-order valence-corrected chi connectivity index (χ1v) is 6.26. The van der Waals surface area contributed by atoms with Crippen LogP contribution < -0.4 is 5.32 Å². The number of aryl methyl sites for hydroxylation is 1. The Kier molecular flexibility index (Phi) is 3.64. The number of aromatic nitrogens is 2. The number of nitrogens with one attached hydrogen (secondary N) is 1.